The van der Waals surface area contributed by atoms with Crippen molar-refractivity contribution in [2.75, 3.05) is 44.7 Å². The number of ether oxygens (including phenoxy) is 2. The summed E-state index contributed by atoms with van der Waals surface area (Å²) < 4.78 is 11.6. The molecule has 2 aliphatic rings. The van der Waals surface area contributed by atoms with Crippen molar-refractivity contribution in [3.63, 3.8) is 0 Å². The predicted molar refractivity (Wildman–Crippen MR) is 191 cm³/mol. The zero-order chi connectivity index (χ0) is 34.4. The van der Waals surface area contributed by atoms with E-state index in [9.17, 15) is 20.1 Å². The molecular formula is C40H47N3O6. The SMILES string of the molecule is CC(C)N1CCC(c2ccccc2)(c2cc(CCOc3ccc(CCNCC(O)c4ccc(O)c5c4OCC(=O)N5)cc3)ccc2O)CC1. The van der Waals surface area contributed by atoms with Crippen LogP contribution in [0.15, 0.2) is 84.9 Å². The first kappa shape index (κ1) is 34.3. The lowest BCUT2D eigenvalue weighted by atomic mass is 9.67. The molecule has 1 unspecified atom stereocenters. The quantitative estimate of drug-likeness (QED) is 0.0910. The van der Waals surface area contributed by atoms with Crippen LogP contribution in [0.5, 0.6) is 23.0 Å². The molecule has 0 spiro atoms. The highest BCUT2D eigenvalue weighted by atomic mass is 16.5. The predicted octanol–water partition coefficient (Wildman–Crippen LogP) is 5.71. The minimum absolute atomic E-state index is 0.0984. The van der Waals surface area contributed by atoms with Gasteiger partial charge in [-0.25, -0.2) is 0 Å². The standard InChI is InChI=1S/C40H47N3O6/c1-27(2)43-21-18-40(19-22-43,30-6-4-3-5-7-30)33-24-29(10-14-34(33)44)17-23-48-31-11-8-28(9-12-31)16-20-41-25-36(46)32-13-15-35(45)38-39(32)49-26-37(47)42-38/h3-15,24,27,36,41,44-46H,16-23,25-26H2,1-2H3,(H,42,47). The van der Waals surface area contributed by atoms with Crippen LogP contribution >= 0.6 is 0 Å². The number of hydrogen-bond donors (Lipinski definition) is 5. The fourth-order valence-electron chi connectivity index (χ4n) is 7.08. The van der Waals surface area contributed by atoms with Gasteiger partial charge in [-0.15, -0.1) is 0 Å². The lowest BCUT2D eigenvalue weighted by molar-refractivity contribution is -0.118. The van der Waals surface area contributed by atoms with Crippen molar-refractivity contribution in [3.8, 4) is 23.0 Å². The van der Waals surface area contributed by atoms with E-state index < -0.39 is 6.10 Å². The molecule has 1 fully saturated rings. The number of carbonyl (C=O) groups is 1. The van der Waals surface area contributed by atoms with Crippen molar-refractivity contribution in [3.05, 3.63) is 113 Å². The third-order valence-electron chi connectivity index (χ3n) is 9.93. The summed E-state index contributed by atoms with van der Waals surface area (Å²) >= 11 is 0. The number of aliphatic hydroxyl groups is 1. The van der Waals surface area contributed by atoms with E-state index in [-0.39, 0.29) is 35.9 Å². The monoisotopic (exact) mass is 665 g/mol. The summed E-state index contributed by atoms with van der Waals surface area (Å²) in [5.74, 6) is 1.01. The van der Waals surface area contributed by atoms with Crippen LogP contribution in [0, 0.1) is 0 Å². The molecule has 1 amide bonds. The van der Waals surface area contributed by atoms with Gasteiger partial charge in [0, 0.05) is 35.5 Å². The van der Waals surface area contributed by atoms with E-state index in [2.05, 4.69) is 65.8 Å². The van der Waals surface area contributed by atoms with Crippen LogP contribution in [0.3, 0.4) is 0 Å². The van der Waals surface area contributed by atoms with E-state index in [0.717, 1.165) is 61.2 Å². The van der Waals surface area contributed by atoms with E-state index >= 15 is 0 Å². The average molecular weight is 666 g/mol. The smallest absolute Gasteiger partial charge is 0.262 e. The van der Waals surface area contributed by atoms with E-state index in [1.165, 1.54) is 11.6 Å². The second-order valence-electron chi connectivity index (χ2n) is 13.4. The van der Waals surface area contributed by atoms with Crippen molar-refractivity contribution in [1.82, 2.24) is 10.2 Å². The number of nitrogens with one attached hydrogen (secondary N) is 2. The molecule has 5 N–H and O–H groups in total. The van der Waals surface area contributed by atoms with Crippen LogP contribution < -0.4 is 20.1 Å². The number of likely N-dealkylation sites (tertiary alicyclic amines) is 1. The molecule has 0 saturated carbocycles. The first-order valence-electron chi connectivity index (χ1n) is 17.2. The lowest BCUT2D eigenvalue weighted by Crippen LogP contribution is -2.45. The van der Waals surface area contributed by atoms with Crippen molar-refractivity contribution >= 4 is 11.6 Å². The Hall–Kier alpha value is -4.57. The topological polar surface area (TPSA) is 124 Å². The molecule has 1 atom stereocenters. The molecule has 0 bridgehead atoms. The van der Waals surface area contributed by atoms with E-state index in [1.807, 2.05) is 36.4 Å². The highest BCUT2D eigenvalue weighted by molar-refractivity contribution is 5.97. The second kappa shape index (κ2) is 15.3. The van der Waals surface area contributed by atoms with E-state index in [0.29, 0.717) is 36.3 Å². The summed E-state index contributed by atoms with van der Waals surface area (Å²) in [6.45, 7) is 7.79. The fourth-order valence-corrected chi connectivity index (χ4v) is 7.08. The molecule has 2 aliphatic heterocycles. The van der Waals surface area contributed by atoms with Crippen LogP contribution in [0.2, 0.25) is 0 Å². The number of nitrogens with zero attached hydrogens (tertiary/aromatic N) is 1. The lowest BCUT2D eigenvalue weighted by Gasteiger charge is -2.44. The normalized spacial score (nSPS) is 16.4. The van der Waals surface area contributed by atoms with Gasteiger partial charge < -0.3 is 40.3 Å². The number of aliphatic hydroxyl groups excluding tert-OH is 1. The molecule has 9 nitrogen and oxygen atoms in total. The number of piperidine rings is 1. The van der Waals surface area contributed by atoms with Gasteiger partial charge >= 0.3 is 0 Å². The molecule has 4 aromatic rings. The summed E-state index contributed by atoms with van der Waals surface area (Å²) in [6.07, 6.45) is 2.54. The summed E-state index contributed by atoms with van der Waals surface area (Å²) in [7, 11) is 0. The van der Waals surface area contributed by atoms with E-state index in [1.54, 1.807) is 6.07 Å². The Balaban J connectivity index is 1.00. The maximum absolute atomic E-state index is 11.6. The molecule has 0 radical (unpaired) electrons. The van der Waals surface area contributed by atoms with Gasteiger partial charge in [-0.05, 0) is 99.8 Å². The number of benzene rings is 4. The van der Waals surface area contributed by atoms with Crippen LogP contribution in [0.25, 0.3) is 0 Å². The van der Waals surface area contributed by atoms with Gasteiger partial charge in [-0.1, -0.05) is 54.6 Å². The third kappa shape index (κ3) is 7.85. The van der Waals surface area contributed by atoms with Crippen LogP contribution in [-0.4, -0.2) is 71.6 Å². The Morgan fingerprint density at radius 2 is 1.63 bits per heavy atom. The summed E-state index contributed by atoms with van der Waals surface area (Å²) in [5.41, 5.74) is 5.02. The maximum atomic E-state index is 11.6. The van der Waals surface area contributed by atoms with Crippen molar-refractivity contribution in [1.29, 1.82) is 0 Å². The molecule has 1 saturated heterocycles. The minimum atomic E-state index is -0.869. The van der Waals surface area contributed by atoms with Crippen molar-refractivity contribution in [2.45, 2.75) is 57.1 Å². The summed E-state index contributed by atoms with van der Waals surface area (Å²) in [4.78, 5) is 14.2. The number of anilines is 1. The van der Waals surface area contributed by atoms with Gasteiger partial charge in [0.25, 0.3) is 5.91 Å². The van der Waals surface area contributed by atoms with Gasteiger partial charge in [0.2, 0.25) is 0 Å². The van der Waals surface area contributed by atoms with Crippen LogP contribution in [-0.2, 0) is 23.1 Å². The molecule has 6 rings (SSSR count). The zero-order valence-corrected chi connectivity index (χ0v) is 28.3. The molecule has 4 aromatic carbocycles. The van der Waals surface area contributed by atoms with Gasteiger partial charge in [-0.3, -0.25) is 4.79 Å². The van der Waals surface area contributed by atoms with Crippen LogP contribution in [0.4, 0.5) is 5.69 Å². The first-order chi connectivity index (χ1) is 23.7. The Bertz CT molecular complexity index is 1720. The summed E-state index contributed by atoms with van der Waals surface area (Å²) in [5, 5.41) is 37.8. The van der Waals surface area contributed by atoms with Crippen molar-refractivity contribution < 1.29 is 29.6 Å². The van der Waals surface area contributed by atoms with Gasteiger partial charge in [-0.2, -0.15) is 0 Å². The average Bonchev–Trinajstić information content (AvgIpc) is 3.12. The third-order valence-corrected chi connectivity index (χ3v) is 9.93. The Morgan fingerprint density at radius 1 is 0.918 bits per heavy atom. The molecule has 9 heteroatoms. The number of aromatic hydroxyl groups is 2. The minimum Gasteiger partial charge on any atom is -0.508 e. The molecule has 258 valence electrons. The van der Waals surface area contributed by atoms with Crippen molar-refractivity contribution in [2.24, 2.45) is 0 Å². The van der Waals surface area contributed by atoms with Crippen LogP contribution in [0.1, 0.15) is 60.6 Å². The molecular weight excluding hydrogens is 618 g/mol. The van der Waals surface area contributed by atoms with E-state index in [4.69, 9.17) is 9.47 Å². The number of amides is 1. The first-order valence-corrected chi connectivity index (χ1v) is 17.2. The number of fused-ring (bicyclic) bond motifs is 1. The van der Waals surface area contributed by atoms with Gasteiger partial charge in [0.1, 0.15) is 22.9 Å². The molecule has 0 aliphatic carbocycles. The van der Waals surface area contributed by atoms with Gasteiger partial charge in [0.05, 0.1) is 12.7 Å². The number of hydrogen-bond acceptors (Lipinski definition) is 8. The second-order valence-corrected chi connectivity index (χ2v) is 13.4. The molecule has 2 heterocycles. The summed E-state index contributed by atoms with van der Waals surface area (Å²) in [6, 6.07) is 28.3. The van der Waals surface area contributed by atoms with Gasteiger partial charge in [0.15, 0.2) is 12.4 Å². The Labute approximate surface area is 288 Å². The number of phenols is 2. The maximum Gasteiger partial charge on any atom is 0.262 e. The number of phenolic OH excluding ortho intramolecular Hbond substituents is 2. The fraction of sp³-hybridized carbons (Fsp3) is 0.375. The molecule has 0 aromatic heterocycles. The Kier molecular flexibility index (Phi) is 10.7. The highest BCUT2D eigenvalue weighted by Crippen LogP contribution is 2.46. The number of rotatable bonds is 13. The zero-order valence-electron chi connectivity index (χ0n) is 28.3. The highest BCUT2D eigenvalue weighted by Gasteiger charge is 2.40. The molecule has 49 heavy (non-hydrogen) atoms. The number of carbonyl (C=O) groups excluding carboxylic acids is 1. The Morgan fingerprint density at radius 3 is 2.37 bits per heavy atom. The largest absolute Gasteiger partial charge is 0.508 e.